The number of anilines is 1. The molecule has 202 valence electrons. The summed E-state index contributed by atoms with van der Waals surface area (Å²) in [7, 11) is 0. The first-order valence-electron chi connectivity index (χ1n) is 13.2. The molecule has 3 N–H and O–H groups in total. The smallest absolute Gasteiger partial charge is 0.325 e. The Hall–Kier alpha value is -2.19. The second-order valence-corrected chi connectivity index (χ2v) is 12.7. The quantitative estimate of drug-likeness (QED) is 0.319. The largest absolute Gasteiger partial charge is 0.460 e. The zero-order valence-electron chi connectivity index (χ0n) is 22.2. The van der Waals surface area contributed by atoms with Crippen LogP contribution in [0.3, 0.4) is 0 Å². The Balaban J connectivity index is 1.58. The molecule has 1 aromatic carbocycles. The lowest BCUT2D eigenvalue weighted by atomic mass is 9.44. The van der Waals surface area contributed by atoms with Crippen molar-refractivity contribution >= 4 is 39.4 Å². The molecule has 3 saturated carbocycles. The molecule has 7 nitrogen and oxygen atoms in total. The molecule has 8 atom stereocenters. The summed E-state index contributed by atoms with van der Waals surface area (Å²) in [5.41, 5.74) is -1.03. The predicted molar refractivity (Wildman–Crippen MR) is 146 cm³/mol. The fourth-order valence-electron chi connectivity index (χ4n) is 7.58. The SMILES string of the molecule is C=C[C@]1(C)C[C@@H](OC(=O)CNC(=O)Nc2ccccc2Br)[C@]2(C)[C@H](C)CC[C@]3(CCC(=O)[C@H]32)[C@@H](C)[C@@H]1O. The van der Waals surface area contributed by atoms with Crippen LogP contribution in [0.25, 0.3) is 0 Å². The minimum Gasteiger partial charge on any atom is -0.460 e. The van der Waals surface area contributed by atoms with Crippen molar-refractivity contribution in [1.29, 1.82) is 0 Å². The number of carbonyl (C=O) groups is 3. The summed E-state index contributed by atoms with van der Waals surface area (Å²) in [4.78, 5) is 39.0. The number of para-hydroxylation sites is 1. The predicted octanol–water partition coefficient (Wildman–Crippen LogP) is 5.48. The average molecular weight is 576 g/mol. The molecule has 4 rings (SSSR count). The van der Waals surface area contributed by atoms with Crippen molar-refractivity contribution in [2.75, 3.05) is 11.9 Å². The van der Waals surface area contributed by atoms with Gasteiger partial charge in [-0.05, 0) is 71.0 Å². The summed E-state index contributed by atoms with van der Waals surface area (Å²) in [5, 5.41) is 16.9. The number of rotatable bonds is 5. The highest BCUT2D eigenvalue weighted by Crippen LogP contribution is 2.67. The Labute approximate surface area is 227 Å². The molecule has 8 heteroatoms. The number of esters is 1. The molecule has 0 aliphatic heterocycles. The maximum Gasteiger partial charge on any atom is 0.325 e. The summed E-state index contributed by atoms with van der Waals surface area (Å²) in [5.74, 6) is -0.585. The van der Waals surface area contributed by atoms with Crippen molar-refractivity contribution in [3.8, 4) is 0 Å². The number of hydrogen-bond acceptors (Lipinski definition) is 5. The van der Waals surface area contributed by atoms with Crippen LogP contribution >= 0.6 is 15.9 Å². The number of ether oxygens (including phenoxy) is 1. The summed E-state index contributed by atoms with van der Waals surface area (Å²) in [6.07, 6.45) is 3.83. The zero-order valence-corrected chi connectivity index (χ0v) is 23.8. The Morgan fingerprint density at radius 2 is 1.95 bits per heavy atom. The third-order valence-corrected chi connectivity index (χ3v) is 10.8. The monoisotopic (exact) mass is 574 g/mol. The van der Waals surface area contributed by atoms with Crippen molar-refractivity contribution in [3.63, 3.8) is 0 Å². The number of benzene rings is 1. The summed E-state index contributed by atoms with van der Waals surface area (Å²) < 4.78 is 6.87. The third-order valence-electron chi connectivity index (χ3n) is 10.1. The first-order chi connectivity index (χ1) is 17.4. The minimum atomic E-state index is -0.717. The van der Waals surface area contributed by atoms with Gasteiger partial charge in [0.1, 0.15) is 18.4 Å². The van der Waals surface area contributed by atoms with Crippen LogP contribution in [0.15, 0.2) is 41.4 Å². The van der Waals surface area contributed by atoms with Crippen LogP contribution in [-0.2, 0) is 14.3 Å². The van der Waals surface area contributed by atoms with E-state index in [4.69, 9.17) is 4.74 Å². The molecule has 37 heavy (non-hydrogen) atoms. The first-order valence-corrected chi connectivity index (χ1v) is 14.0. The molecule has 0 heterocycles. The lowest BCUT2D eigenvalue weighted by molar-refractivity contribution is -0.206. The Morgan fingerprint density at radius 1 is 1.24 bits per heavy atom. The van der Waals surface area contributed by atoms with Gasteiger partial charge in [-0.3, -0.25) is 9.59 Å². The van der Waals surface area contributed by atoms with E-state index in [0.717, 1.165) is 23.7 Å². The number of carbonyl (C=O) groups excluding carboxylic acids is 3. The molecule has 0 spiro atoms. The Morgan fingerprint density at radius 3 is 2.62 bits per heavy atom. The molecule has 2 bridgehead atoms. The topological polar surface area (TPSA) is 105 Å². The number of amides is 2. The molecule has 0 aromatic heterocycles. The number of urea groups is 1. The van der Waals surface area contributed by atoms with Gasteiger partial charge in [-0.15, -0.1) is 6.58 Å². The molecule has 0 radical (unpaired) electrons. The van der Waals surface area contributed by atoms with E-state index in [1.54, 1.807) is 24.3 Å². The zero-order chi connectivity index (χ0) is 27.2. The normalized spacial score (nSPS) is 39.1. The number of ketones is 1. The van der Waals surface area contributed by atoms with Gasteiger partial charge in [0.15, 0.2) is 0 Å². The van der Waals surface area contributed by atoms with E-state index in [0.29, 0.717) is 18.5 Å². The fourth-order valence-corrected chi connectivity index (χ4v) is 7.97. The van der Waals surface area contributed by atoms with E-state index in [1.807, 2.05) is 13.0 Å². The van der Waals surface area contributed by atoms with Crippen LogP contribution in [0.4, 0.5) is 10.5 Å². The van der Waals surface area contributed by atoms with Gasteiger partial charge in [0.05, 0.1) is 11.8 Å². The molecular weight excluding hydrogens is 536 g/mol. The van der Waals surface area contributed by atoms with Crippen LogP contribution in [-0.4, -0.2) is 41.6 Å². The second kappa shape index (κ2) is 10.2. The number of halogens is 1. The van der Waals surface area contributed by atoms with Gasteiger partial charge < -0.3 is 20.5 Å². The standard InChI is InChI=1S/C29H39BrN2O5/c1-6-27(4)15-22(37-23(34)16-31-26(36)32-20-10-8-7-9-19(20)30)28(5)17(2)11-13-29(18(3)25(27)35)14-12-21(33)24(28)29/h6-10,17-18,22,24-25,35H,1,11-16H2,2-5H3,(H2,31,32,36)/t17-,18+,22-,24+,25+,27-,28+,29+/m1/s1. The van der Waals surface area contributed by atoms with Crippen molar-refractivity contribution in [2.45, 2.75) is 72.0 Å². The highest BCUT2D eigenvalue weighted by atomic mass is 79.9. The van der Waals surface area contributed by atoms with E-state index in [-0.39, 0.29) is 35.5 Å². The van der Waals surface area contributed by atoms with Crippen LogP contribution < -0.4 is 10.6 Å². The van der Waals surface area contributed by atoms with Gasteiger partial charge in [-0.2, -0.15) is 0 Å². The summed E-state index contributed by atoms with van der Waals surface area (Å²) in [6.45, 7) is 12.0. The van der Waals surface area contributed by atoms with Crippen LogP contribution in [0.5, 0.6) is 0 Å². The van der Waals surface area contributed by atoms with Crippen molar-refractivity contribution in [2.24, 2.45) is 34.0 Å². The maximum atomic E-state index is 13.5. The van der Waals surface area contributed by atoms with Crippen molar-refractivity contribution < 1.29 is 24.2 Å². The van der Waals surface area contributed by atoms with E-state index in [9.17, 15) is 19.5 Å². The molecule has 1 aromatic rings. The van der Waals surface area contributed by atoms with E-state index >= 15 is 0 Å². The van der Waals surface area contributed by atoms with E-state index in [2.05, 4.69) is 53.9 Å². The van der Waals surface area contributed by atoms with E-state index in [1.165, 1.54) is 0 Å². The van der Waals surface area contributed by atoms with Crippen LogP contribution in [0.2, 0.25) is 0 Å². The summed E-state index contributed by atoms with van der Waals surface area (Å²) >= 11 is 3.38. The van der Waals surface area contributed by atoms with Gasteiger partial charge in [-0.1, -0.05) is 45.9 Å². The number of aliphatic hydroxyl groups excluding tert-OH is 1. The number of aliphatic hydroxyl groups is 1. The van der Waals surface area contributed by atoms with Crippen LogP contribution in [0.1, 0.15) is 59.8 Å². The van der Waals surface area contributed by atoms with Gasteiger partial charge in [-0.25, -0.2) is 4.79 Å². The maximum absolute atomic E-state index is 13.5. The molecule has 2 amide bonds. The molecule has 3 aliphatic carbocycles. The molecule has 0 saturated heterocycles. The van der Waals surface area contributed by atoms with Gasteiger partial charge in [0.2, 0.25) is 0 Å². The van der Waals surface area contributed by atoms with Crippen molar-refractivity contribution in [3.05, 3.63) is 41.4 Å². The molecule has 3 aliphatic rings. The molecular formula is C29H39BrN2O5. The fraction of sp³-hybridized carbons (Fsp3) is 0.621. The number of Topliss-reactive ketones (excluding diaryl/α,β-unsaturated/α-hetero) is 1. The first kappa shape index (κ1) is 27.8. The average Bonchev–Trinajstić information content (AvgIpc) is 3.22. The molecule has 0 unspecified atom stereocenters. The highest BCUT2D eigenvalue weighted by Gasteiger charge is 2.68. The van der Waals surface area contributed by atoms with Crippen molar-refractivity contribution in [1.82, 2.24) is 5.32 Å². The lowest BCUT2D eigenvalue weighted by Gasteiger charge is -2.61. The highest BCUT2D eigenvalue weighted by molar-refractivity contribution is 9.10. The minimum absolute atomic E-state index is 0.0851. The van der Waals surface area contributed by atoms with Gasteiger partial charge >= 0.3 is 12.0 Å². The molecule has 3 fully saturated rings. The Bertz CT molecular complexity index is 1090. The summed E-state index contributed by atoms with van der Waals surface area (Å²) in [6, 6.07) is 6.66. The van der Waals surface area contributed by atoms with Gasteiger partial charge in [0.25, 0.3) is 0 Å². The third kappa shape index (κ3) is 4.65. The number of hydrogen-bond donors (Lipinski definition) is 3. The Kier molecular flexibility index (Phi) is 7.65. The van der Waals surface area contributed by atoms with E-state index < -0.39 is 35.0 Å². The van der Waals surface area contributed by atoms with Gasteiger partial charge in [0, 0.05) is 27.6 Å². The van der Waals surface area contributed by atoms with Crippen LogP contribution in [0, 0.1) is 34.0 Å². The lowest BCUT2D eigenvalue weighted by Crippen LogP contribution is -2.63. The second-order valence-electron chi connectivity index (χ2n) is 11.9. The number of nitrogens with one attached hydrogen (secondary N) is 2.